The van der Waals surface area contributed by atoms with Crippen molar-refractivity contribution >= 4 is 21.6 Å². The van der Waals surface area contributed by atoms with Gasteiger partial charge >= 0.3 is 0 Å². The van der Waals surface area contributed by atoms with Gasteiger partial charge in [-0.05, 0) is 56.4 Å². The van der Waals surface area contributed by atoms with Crippen LogP contribution in [0.5, 0.6) is 0 Å². The molecule has 5 nitrogen and oxygen atoms in total. The van der Waals surface area contributed by atoms with E-state index in [0.29, 0.717) is 30.1 Å². The molecule has 1 aliphatic rings. The van der Waals surface area contributed by atoms with E-state index in [2.05, 4.69) is 5.32 Å². The minimum atomic E-state index is -3.56. The fourth-order valence-corrected chi connectivity index (χ4v) is 4.89. The van der Waals surface area contributed by atoms with Gasteiger partial charge in [0.15, 0.2) is 0 Å². The zero-order chi connectivity index (χ0) is 19.5. The number of aryl methyl sites for hydroxylation is 1. The van der Waals surface area contributed by atoms with Crippen LogP contribution in [0.4, 0.5) is 5.69 Å². The van der Waals surface area contributed by atoms with E-state index in [1.54, 1.807) is 10.4 Å². The van der Waals surface area contributed by atoms with Crippen LogP contribution < -0.4 is 5.32 Å². The van der Waals surface area contributed by atoms with E-state index >= 15 is 0 Å². The molecule has 1 saturated heterocycles. The second-order valence-electron chi connectivity index (χ2n) is 7.93. The summed E-state index contributed by atoms with van der Waals surface area (Å²) in [5.41, 5.74) is 1.67. The number of nitrogens with one attached hydrogen (secondary N) is 1. The van der Waals surface area contributed by atoms with Gasteiger partial charge in [-0.2, -0.15) is 4.31 Å². The maximum absolute atomic E-state index is 13.2. The lowest BCUT2D eigenvalue weighted by Gasteiger charge is -2.24. The summed E-state index contributed by atoms with van der Waals surface area (Å²) in [6, 6.07) is 3.46. The maximum atomic E-state index is 13.2. The van der Waals surface area contributed by atoms with E-state index in [0.717, 1.165) is 36.8 Å². The molecule has 0 aromatic heterocycles. The first-order valence-corrected chi connectivity index (χ1v) is 11.0. The number of hydrogen-bond acceptors (Lipinski definition) is 3. The zero-order valence-electron chi connectivity index (χ0n) is 16.7. The summed E-state index contributed by atoms with van der Waals surface area (Å²) in [4.78, 5) is 12.8. The van der Waals surface area contributed by atoms with Crippen LogP contribution in [0.1, 0.15) is 64.0 Å². The summed E-state index contributed by atoms with van der Waals surface area (Å²) in [5, 5.41) is 2.91. The number of carbonyl (C=O) groups is 1. The Bertz CT molecular complexity index is 762. The first kappa shape index (κ1) is 20.9. The van der Waals surface area contributed by atoms with E-state index < -0.39 is 15.4 Å². The van der Waals surface area contributed by atoms with Crippen LogP contribution >= 0.6 is 0 Å². The summed E-state index contributed by atoms with van der Waals surface area (Å²) >= 11 is 0. The van der Waals surface area contributed by atoms with Crippen LogP contribution in [0.25, 0.3) is 0 Å². The number of rotatable bonds is 5. The molecular weight excluding hydrogens is 348 g/mol. The number of benzene rings is 1. The molecule has 1 fully saturated rings. The molecule has 0 saturated carbocycles. The van der Waals surface area contributed by atoms with Crippen LogP contribution in [0.2, 0.25) is 0 Å². The molecular formula is C20H32N2O3S. The van der Waals surface area contributed by atoms with Crippen LogP contribution in [0.15, 0.2) is 17.0 Å². The average molecular weight is 381 g/mol. The first-order valence-electron chi connectivity index (χ1n) is 9.52. The second kappa shape index (κ2) is 8.09. The van der Waals surface area contributed by atoms with Gasteiger partial charge in [-0.1, -0.05) is 33.6 Å². The molecule has 0 aliphatic carbocycles. The van der Waals surface area contributed by atoms with Gasteiger partial charge in [-0.3, -0.25) is 4.79 Å². The van der Waals surface area contributed by atoms with Crippen LogP contribution in [-0.2, 0) is 14.8 Å². The van der Waals surface area contributed by atoms with Crippen LogP contribution in [0, 0.1) is 19.3 Å². The molecule has 1 aromatic carbocycles. The van der Waals surface area contributed by atoms with Gasteiger partial charge in [-0.25, -0.2) is 8.42 Å². The van der Waals surface area contributed by atoms with Crippen LogP contribution in [0.3, 0.4) is 0 Å². The second-order valence-corrected chi connectivity index (χ2v) is 9.83. The topological polar surface area (TPSA) is 66.5 Å². The third-order valence-corrected chi connectivity index (χ3v) is 7.58. The molecule has 0 unspecified atom stereocenters. The van der Waals surface area contributed by atoms with Crippen molar-refractivity contribution in [1.82, 2.24) is 4.31 Å². The molecule has 2 rings (SSSR count). The van der Waals surface area contributed by atoms with Crippen molar-refractivity contribution in [2.24, 2.45) is 5.41 Å². The molecule has 26 heavy (non-hydrogen) atoms. The first-order chi connectivity index (χ1) is 12.1. The summed E-state index contributed by atoms with van der Waals surface area (Å²) in [7, 11) is -3.56. The minimum absolute atomic E-state index is 0.0960. The Labute approximate surface area is 158 Å². The molecule has 1 N–H and O–H groups in total. The van der Waals surface area contributed by atoms with E-state index in [9.17, 15) is 13.2 Å². The lowest BCUT2D eigenvalue weighted by molar-refractivity contribution is -0.124. The number of carbonyl (C=O) groups excluding carboxylic acids is 1. The Balaban J connectivity index is 2.39. The van der Waals surface area contributed by atoms with Crippen LogP contribution in [-0.4, -0.2) is 31.7 Å². The van der Waals surface area contributed by atoms with Gasteiger partial charge in [0.25, 0.3) is 0 Å². The third-order valence-electron chi connectivity index (χ3n) is 5.56. The van der Waals surface area contributed by atoms with Crippen molar-refractivity contribution in [3.63, 3.8) is 0 Å². The molecule has 1 aromatic rings. The molecule has 0 bridgehead atoms. The summed E-state index contributed by atoms with van der Waals surface area (Å²) in [5.74, 6) is -0.0960. The standard InChI is InChI=1S/C20H32N2O3S/c1-6-20(4,5)19(23)21-17-13-15(2)16(3)18(14-17)26(24,25)22-11-9-7-8-10-12-22/h13-14H,6-12H2,1-5H3,(H,21,23). The molecule has 146 valence electrons. The number of hydrogen-bond donors (Lipinski definition) is 1. The quantitative estimate of drug-likeness (QED) is 0.831. The van der Waals surface area contributed by atoms with E-state index in [1.165, 1.54) is 0 Å². The van der Waals surface area contributed by atoms with Crippen molar-refractivity contribution in [2.45, 2.75) is 71.6 Å². The highest BCUT2D eigenvalue weighted by molar-refractivity contribution is 7.89. The smallest absolute Gasteiger partial charge is 0.243 e. The van der Waals surface area contributed by atoms with Crippen molar-refractivity contribution in [1.29, 1.82) is 0 Å². The van der Waals surface area contributed by atoms with E-state index in [1.807, 2.05) is 40.7 Å². The normalized spacial score (nSPS) is 17.0. The minimum Gasteiger partial charge on any atom is -0.326 e. The molecule has 1 amide bonds. The van der Waals surface area contributed by atoms with Gasteiger partial charge in [0, 0.05) is 24.2 Å². The Hall–Kier alpha value is -1.40. The summed E-state index contributed by atoms with van der Waals surface area (Å²) in [6.45, 7) is 10.6. The van der Waals surface area contributed by atoms with Gasteiger partial charge < -0.3 is 5.32 Å². The lowest BCUT2D eigenvalue weighted by atomic mass is 9.89. The Kier molecular flexibility index (Phi) is 6.51. The van der Waals surface area contributed by atoms with E-state index in [-0.39, 0.29) is 5.91 Å². The predicted molar refractivity (Wildman–Crippen MR) is 106 cm³/mol. The Morgan fingerprint density at radius 3 is 2.23 bits per heavy atom. The molecule has 0 spiro atoms. The number of anilines is 1. The van der Waals surface area contributed by atoms with Gasteiger partial charge in [0.2, 0.25) is 15.9 Å². The summed E-state index contributed by atoms with van der Waals surface area (Å²) < 4.78 is 28.0. The van der Waals surface area contributed by atoms with Crippen molar-refractivity contribution in [2.75, 3.05) is 18.4 Å². The molecule has 1 heterocycles. The maximum Gasteiger partial charge on any atom is 0.243 e. The fourth-order valence-electron chi connectivity index (χ4n) is 3.05. The zero-order valence-corrected chi connectivity index (χ0v) is 17.5. The van der Waals surface area contributed by atoms with Crippen molar-refractivity contribution in [3.8, 4) is 0 Å². The average Bonchev–Trinajstić information content (AvgIpc) is 2.87. The number of amides is 1. The monoisotopic (exact) mass is 380 g/mol. The fraction of sp³-hybridized carbons (Fsp3) is 0.650. The van der Waals surface area contributed by atoms with E-state index in [4.69, 9.17) is 0 Å². The summed E-state index contributed by atoms with van der Waals surface area (Å²) in [6.07, 6.45) is 4.66. The SMILES string of the molecule is CCC(C)(C)C(=O)Nc1cc(C)c(C)c(S(=O)(=O)N2CCCCCC2)c1. The highest BCUT2D eigenvalue weighted by atomic mass is 32.2. The third kappa shape index (κ3) is 4.46. The molecule has 0 atom stereocenters. The molecule has 1 aliphatic heterocycles. The Morgan fingerprint density at radius 2 is 1.69 bits per heavy atom. The van der Waals surface area contributed by atoms with Gasteiger partial charge in [-0.15, -0.1) is 0 Å². The van der Waals surface area contributed by atoms with Crippen molar-refractivity contribution in [3.05, 3.63) is 23.3 Å². The highest BCUT2D eigenvalue weighted by Gasteiger charge is 2.29. The lowest BCUT2D eigenvalue weighted by Crippen LogP contribution is -2.33. The molecule has 0 radical (unpaired) electrons. The van der Waals surface area contributed by atoms with Gasteiger partial charge in [0.05, 0.1) is 4.90 Å². The number of sulfonamides is 1. The number of nitrogens with zero attached hydrogens (tertiary/aromatic N) is 1. The van der Waals surface area contributed by atoms with Crippen molar-refractivity contribution < 1.29 is 13.2 Å². The highest BCUT2D eigenvalue weighted by Crippen LogP contribution is 2.29. The Morgan fingerprint density at radius 1 is 1.12 bits per heavy atom. The predicted octanol–water partition coefficient (Wildman–Crippen LogP) is 4.24. The molecule has 6 heteroatoms. The van der Waals surface area contributed by atoms with Gasteiger partial charge in [0.1, 0.15) is 0 Å². The largest absolute Gasteiger partial charge is 0.326 e.